The van der Waals surface area contributed by atoms with Crippen LogP contribution in [0.4, 0.5) is 0 Å². The van der Waals surface area contributed by atoms with Crippen molar-refractivity contribution in [3.63, 3.8) is 0 Å². The summed E-state index contributed by atoms with van der Waals surface area (Å²) in [7, 11) is 8.35. The zero-order valence-corrected chi connectivity index (χ0v) is 13.9. The minimum atomic E-state index is -1.23. The fraction of sp³-hybridized carbons (Fsp3) is 0.800. The summed E-state index contributed by atoms with van der Waals surface area (Å²) in [5.41, 5.74) is 0. The van der Waals surface area contributed by atoms with Crippen molar-refractivity contribution in [1.29, 1.82) is 0 Å². The molecule has 0 atom stereocenters. The van der Waals surface area contributed by atoms with Gasteiger partial charge in [0, 0.05) is 13.1 Å². The average molecular weight is 367 g/mol. The second kappa shape index (κ2) is 20.3. The maximum absolute atomic E-state index is 9.12. The molecule has 0 spiro atoms. The first kappa shape index (κ1) is 27.3. The number of carbonyl (C=O) groups excluding carboxylic acids is 2. The molecule has 0 saturated carbocycles. The van der Waals surface area contributed by atoms with Crippen LogP contribution in [0, 0.1) is 0 Å². The predicted molar refractivity (Wildman–Crippen MR) is 68.6 cm³/mol. The fourth-order valence-electron chi connectivity index (χ4n) is 0.400. The van der Waals surface area contributed by atoms with Gasteiger partial charge in [0.2, 0.25) is 0 Å². The Balaban J connectivity index is -0.0000000906. The second-order valence-electron chi connectivity index (χ2n) is 3.62. The quantitative estimate of drug-likeness (QED) is 0.415. The SMILES string of the molecule is CN(C)CCN(C)C.O=C([O-])CCl.O=C([O-])CCl.[Cu+2]. The zero-order chi connectivity index (χ0) is 15.1. The molecule has 19 heavy (non-hydrogen) atoms. The predicted octanol–water partition coefficient (Wildman–Crippen LogP) is -1.94. The van der Waals surface area contributed by atoms with E-state index in [2.05, 4.69) is 61.2 Å². The molecular weight excluding hydrogens is 347 g/mol. The van der Waals surface area contributed by atoms with Gasteiger partial charge < -0.3 is 29.6 Å². The molecule has 0 bridgehead atoms. The summed E-state index contributed by atoms with van der Waals surface area (Å²) in [5, 5.41) is 18.2. The first-order chi connectivity index (χ1) is 8.17. The van der Waals surface area contributed by atoms with E-state index in [1.165, 1.54) is 0 Å². The Morgan fingerprint density at radius 3 is 1.05 bits per heavy atom. The molecule has 0 fully saturated rings. The van der Waals surface area contributed by atoms with Gasteiger partial charge in [-0.1, -0.05) is 0 Å². The number of alkyl halides is 2. The van der Waals surface area contributed by atoms with Gasteiger partial charge in [-0.05, 0) is 28.2 Å². The molecule has 0 aromatic carbocycles. The minimum absolute atomic E-state index is 0. The van der Waals surface area contributed by atoms with Crippen LogP contribution in [-0.2, 0) is 26.7 Å². The van der Waals surface area contributed by atoms with Crippen LogP contribution in [0.3, 0.4) is 0 Å². The number of aliphatic carboxylic acids is 2. The molecule has 0 aliphatic carbocycles. The number of hydrogen-bond acceptors (Lipinski definition) is 6. The summed E-state index contributed by atoms with van der Waals surface area (Å²) in [6, 6.07) is 0. The van der Waals surface area contributed by atoms with Crippen molar-refractivity contribution < 1.29 is 36.9 Å². The van der Waals surface area contributed by atoms with Crippen molar-refractivity contribution in [3.05, 3.63) is 0 Å². The molecule has 0 amide bonds. The Morgan fingerprint density at radius 1 is 0.842 bits per heavy atom. The molecule has 0 unspecified atom stereocenters. The number of halogens is 2. The van der Waals surface area contributed by atoms with E-state index in [1.807, 2.05) is 0 Å². The van der Waals surface area contributed by atoms with Crippen LogP contribution in [0.1, 0.15) is 0 Å². The molecule has 9 heteroatoms. The van der Waals surface area contributed by atoms with Gasteiger partial charge in [0.1, 0.15) is 0 Å². The van der Waals surface area contributed by atoms with Crippen molar-refractivity contribution >= 4 is 35.1 Å². The number of carbonyl (C=O) groups is 2. The van der Waals surface area contributed by atoms with Gasteiger partial charge in [0.05, 0.1) is 23.7 Å². The minimum Gasteiger partial charge on any atom is -0.549 e. The van der Waals surface area contributed by atoms with Gasteiger partial charge in [-0.2, -0.15) is 0 Å². The summed E-state index contributed by atoms with van der Waals surface area (Å²) >= 11 is 9.35. The molecule has 6 nitrogen and oxygen atoms in total. The van der Waals surface area contributed by atoms with Gasteiger partial charge in [-0.25, -0.2) is 0 Å². The van der Waals surface area contributed by atoms with Crippen LogP contribution >= 0.6 is 23.2 Å². The number of nitrogens with zero attached hydrogens (tertiary/aromatic N) is 2. The largest absolute Gasteiger partial charge is 2.00 e. The molecule has 0 aliphatic heterocycles. The average Bonchev–Trinajstić information content (AvgIpc) is 2.27. The Bertz CT molecular complexity index is 198. The molecule has 0 saturated heterocycles. The van der Waals surface area contributed by atoms with Crippen LogP contribution in [0.25, 0.3) is 0 Å². The molecule has 1 radical (unpaired) electrons. The maximum atomic E-state index is 9.12. The van der Waals surface area contributed by atoms with Gasteiger partial charge in [0.25, 0.3) is 0 Å². The Hall–Kier alpha value is -0.0405. The van der Waals surface area contributed by atoms with E-state index in [1.54, 1.807) is 0 Å². The van der Waals surface area contributed by atoms with Crippen LogP contribution in [-0.4, -0.2) is 74.8 Å². The van der Waals surface area contributed by atoms with Crippen molar-refractivity contribution in [2.75, 3.05) is 53.0 Å². The van der Waals surface area contributed by atoms with E-state index in [-0.39, 0.29) is 17.1 Å². The van der Waals surface area contributed by atoms with E-state index >= 15 is 0 Å². The second-order valence-corrected chi connectivity index (χ2v) is 4.15. The number of hydrogen-bond donors (Lipinski definition) is 0. The molecular formula is C10H20Cl2CuN2O4. The first-order valence-electron chi connectivity index (χ1n) is 4.98. The zero-order valence-electron chi connectivity index (χ0n) is 11.4. The standard InChI is InChI=1S/C6H16N2.2C2H3ClO2.Cu/c1-7(2)5-6-8(3)4;2*3-1-2(4)5;/h5-6H2,1-4H3;2*1H2,(H,4,5);/q;;;+2/p-2. The van der Waals surface area contributed by atoms with Crippen LogP contribution < -0.4 is 10.2 Å². The number of likely N-dealkylation sites (N-methyl/N-ethyl adjacent to an activating group) is 2. The van der Waals surface area contributed by atoms with E-state index in [0.29, 0.717) is 0 Å². The van der Waals surface area contributed by atoms with Crippen LogP contribution in [0.15, 0.2) is 0 Å². The monoisotopic (exact) mass is 365 g/mol. The van der Waals surface area contributed by atoms with Gasteiger partial charge >= 0.3 is 17.1 Å². The van der Waals surface area contributed by atoms with Gasteiger partial charge in [0.15, 0.2) is 0 Å². The van der Waals surface area contributed by atoms with Gasteiger partial charge in [-0.15, -0.1) is 23.2 Å². The van der Waals surface area contributed by atoms with Gasteiger partial charge in [-0.3, -0.25) is 0 Å². The van der Waals surface area contributed by atoms with Crippen molar-refractivity contribution in [2.45, 2.75) is 0 Å². The van der Waals surface area contributed by atoms with Crippen LogP contribution in [0.2, 0.25) is 0 Å². The van der Waals surface area contributed by atoms with Crippen molar-refractivity contribution in [1.82, 2.24) is 9.80 Å². The van der Waals surface area contributed by atoms with Crippen molar-refractivity contribution in [2.24, 2.45) is 0 Å². The third kappa shape index (κ3) is 57.0. The Kier molecular flexibility index (Phi) is 29.2. The third-order valence-corrected chi connectivity index (χ3v) is 1.65. The van der Waals surface area contributed by atoms with E-state index in [0.717, 1.165) is 13.1 Å². The topological polar surface area (TPSA) is 86.7 Å². The first-order valence-corrected chi connectivity index (χ1v) is 6.05. The third-order valence-electron chi connectivity index (χ3n) is 1.21. The van der Waals surface area contributed by atoms with E-state index in [9.17, 15) is 0 Å². The van der Waals surface area contributed by atoms with Crippen molar-refractivity contribution in [3.8, 4) is 0 Å². The Morgan fingerprint density at radius 2 is 1.00 bits per heavy atom. The smallest absolute Gasteiger partial charge is 0.549 e. The molecule has 0 aliphatic rings. The molecule has 0 aromatic rings. The molecule has 119 valence electrons. The van der Waals surface area contributed by atoms with E-state index < -0.39 is 23.7 Å². The summed E-state index contributed by atoms with van der Waals surface area (Å²) in [6.07, 6.45) is 0. The summed E-state index contributed by atoms with van der Waals surface area (Å²) < 4.78 is 0. The number of carboxylic acid groups (broad SMARTS) is 2. The summed E-state index contributed by atoms with van der Waals surface area (Å²) in [6.45, 7) is 2.29. The van der Waals surface area contributed by atoms with Crippen LogP contribution in [0.5, 0.6) is 0 Å². The number of carboxylic acids is 2. The molecule has 0 rings (SSSR count). The Labute approximate surface area is 135 Å². The number of rotatable bonds is 5. The fourth-order valence-corrected chi connectivity index (χ4v) is 0.400. The molecule has 0 aromatic heterocycles. The summed E-state index contributed by atoms with van der Waals surface area (Å²) in [5.74, 6) is -3.29. The summed E-state index contributed by atoms with van der Waals surface area (Å²) in [4.78, 5) is 22.6. The maximum Gasteiger partial charge on any atom is 2.00 e. The molecule has 0 heterocycles. The van der Waals surface area contributed by atoms with E-state index in [4.69, 9.17) is 19.8 Å². The normalized spacial score (nSPS) is 8.63. The molecule has 0 N–H and O–H groups in total.